The van der Waals surface area contributed by atoms with Crippen molar-refractivity contribution in [1.82, 2.24) is 0 Å². The SMILES string of the molecule is CCC(C)c1cc(OC)c(OC)cc1F. The Kier molecular flexibility index (Phi) is 3.95. The van der Waals surface area contributed by atoms with Crippen LogP contribution in [0.2, 0.25) is 0 Å². The van der Waals surface area contributed by atoms with Gasteiger partial charge in [-0.15, -0.1) is 0 Å². The third kappa shape index (κ3) is 2.41. The molecule has 0 saturated carbocycles. The maximum Gasteiger partial charge on any atom is 0.163 e. The summed E-state index contributed by atoms with van der Waals surface area (Å²) in [5.74, 6) is 0.961. The molecule has 1 unspecified atom stereocenters. The molecule has 0 N–H and O–H groups in total. The van der Waals surface area contributed by atoms with Gasteiger partial charge in [-0.25, -0.2) is 4.39 Å². The highest BCUT2D eigenvalue weighted by Gasteiger charge is 2.14. The van der Waals surface area contributed by atoms with E-state index in [9.17, 15) is 4.39 Å². The minimum Gasteiger partial charge on any atom is -0.493 e. The van der Waals surface area contributed by atoms with Crippen molar-refractivity contribution in [2.45, 2.75) is 26.2 Å². The van der Waals surface area contributed by atoms with E-state index in [2.05, 4.69) is 0 Å². The van der Waals surface area contributed by atoms with E-state index in [0.717, 1.165) is 6.42 Å². The average molecular weight is 212 g/mol. The Bertz CT molecular complexity index is 337. The summed E-state index contributed by atoms with van der Waals surface area (Å²) in [5.41, 5.74) is 0.676. The lowest BCUT2D eigenvalue weighted by atomic mass is 9.97. The number of rotatable bonds is 4. The number of halogens is 1. The van der Waals surface area contributed by atoms with Gasteiger partial charge in [-0.05, 0) is 24.0 Å². The molecule has 84 valence electrons. The summed E-state index contributed by atoms with van der Waals surface area (Å²) in [5, 5.41) is 0. The Morgan fingerprint density at radius 3 is 2.20 bits per heavy atom. The van der Waals surface area contributed by atoms with E-state index in [4.69, 9.17) is 9.47 Å². The first-order valence-corrected chi connectivity index (χ1v) is 5.05. The fraction of sp³-hybridized carbons (Fsp3) is 0.500. The van der Waals surface area contributed by atoms with Crippen molar-refractivity contribution in [1.29, 1.82) is 0 Å². The molecule has 1 atom stereocenters. The van der Waals surface area contributed by atoms with Crippen molar-refractivity contribution in [2.24, 2.45) is 0 Å². The van der Waals surface area contributed by atoms with Crippen LogP contribution in [0.1, 0.15) is 31.7 Å². The molecule has 3 heteroatoms. The minimum absolute atomic E-state index is 0.185. The number of methoxy groups -OCH3 is 2. The molecule has 0 bridgehead atoms. The van der Waals surface area contributed by atoms with E-state index in [1.807, 2.05) is 13.8 Å². The van der Waals surface area contributed by atoms with E-state index in [1.165, 1.54) is 13.2 Å². The zero-order valence-corrected chi connectivity index (χ0v) is 9.63. The number of benzene rings is 1. The molecule has 0 aliphatic heterocycles. The second-order valence-corrected chi connectivity index (χ2v) is 3.54. The normalized spacial score (nSPS) is 12.3. The van der Waals surface area contributed by atoms with Crippen LogP contribution in [0.5, 0.6) is 11.5 Å². The lowest BCUT2D eigenvalue weighted by Crippen LogP contribution is -1.99. The van der Waals surface area contributed by atoms with Gasteiger partial charge in [0.05, 0.1) is 14.2 Å². The molecule has 1 aromatic carbocycles. The highest BCUT2D eigenvalue weighted by molar-refractivity contribution is 5.44. The summed E-state index contributed by atoms with van der Waals surface area (Å²) < 4.78 is 23.8. The molecule has 0 aliphatic carbocycles. The van der Waals surface area contributed by atoms with Crippen LogP contribution in [0.3, 0.4) is 0 Å². The highest BCUT2D eigenvalue weighted by Crippen LogP contribution is 2.33. The summed E-state index contributed by atoms with van der Waals surface area (Å²) in [6.45, 7) is 4.02. The first-order chi connectivity index (χ1) is 7.13. The maximum atomic E-state index is 13.7. The molecule has 15 heavy (non-hydrogen) atoms. The first-order valence-electron chi connectivity index (χ1n) is 5.05. The molecular formula is C12H17FO2. The first kappa shape index (κ1) is 11.8. The minimum atomic E-state index is -0.234. The van der Waals surface area contributed by atoms with Gasteiger partial charge in [-0.1, -0.05) is 13.8 Å². The Hall–Kier alpha value is -1.25. The van der Waals surface area contributed by atoms with Crippen molar-refractivity contribution in [3.05, 3.63) is 23.5 Å². The monoisotopic (exact) mass is 212 g/mol. The van der Waals surface area contributed by atoms with Gasteiger partial charge in [0.2, 0.25) is 0 Å². The number of ether oxygens (including phenoxy) is 2. The molecule has 0 radical (unpaired) electrons. The molecule has 0 saturated heterocycles. The van der Waals surface area contributed by atoms with Crippen molar-refractivity contribution in [2.75, 3.05) is 14.2 Å². The largest absolute Gasteiger partial charge is 0.493 e. The van der Waals surface area contributed by atoms with Crippen LogP contribution in [0.4, 0.5) is 4.39 Å². The predicted molar refractivity (Wildman–Crippen MR) is 58.2 cm³/mol. The van der Waals surface area contributed by atoms with Crippen LogP contribution >= 0.6 is 0 Å². The molecular weight excluding hydrogens is 195 g/mol. The van der Waals surface area contributed by atoms with Crippen LogP contribution < -0.4 is 9.47 Å². The van der Waals surface area contributed by atoms with Crippen molar-refractivity contribution in [3.8, 4) is 11.5 Å². The Morgan fingerprint density at radius 2 is 1.73 bits per heavy atom. The molecule has 1 rings (SSSR count). The molecule has 0 spiro atoms. The van der Waals surface area contributed by atoms with Crippen molar-refractivity contribution < 1.29 is 13.9 Å². The van der Waals surface area contributed by atoms with Crippen LogP contribution in [-0.2, 0) is 0 Å². The van der Waals surface area contributed by atoms with Crippen molar-refractivity contribution in [3.63, 3.8) is 0 Å². The standard InChI is InChI=1S/C12H17FO2/c1-5-8(2)9-6-11(14-3)12(15-4)7-10(9)13/h6-8H,5H2,1-4H3. The fourth-order valence-corrected chi connectivity index (χ4v) is 1.47. The summed E-state index contributed by atoms with van der Waals surface area (Å²) in [4.78, 5) is 0. The molecule has 0 aliphatic rings. The van der Waals surface area contributed by atoms with E-state index in [1.54, 1.807) is 13.2 Å². The Labute approximate surface area is 90.0 Å². The van der Waals surface area contributed by atoms with Crippen LogP contribution in [-0.4, -0.2) is 14.2 Å². The lowest BCUT2D eigenvalue weighted by molar-refractivity contribution is 0.351. The summed E-state index contributed by atoms with van der Waals surface area (Å²) in [7, 11) is 3.05. The molecule has 1 aromatic rings. The van der Waals surface area contributed by atoms with Gasteiger partial charge in [0.1, 0.15) is 5.82 Å². The van der Waals surface area contributed by atoms with Gasteiger partial charge in [0, 0.05) is 6.07 Å². The van der Waals surface area contributed by atoms with Crippen LogP contribution in [0.15, 0.2) is 12.1 Å². The van der Waals surface area contributed by atoms with E-state index in [-0.39, 0.29) is 11.7 Å². The van der Waals surface area contributed by atoms with E-state index >= 15 is 0 Å². The topological polar surface area (TPSA) is 18.5 Å². The maximum absolute atomic E-state index is 13.7. The van der Waals surface area contributed by atoms with Gasteiger partial charge in [-0.2, -0.15) is 0 Å². The second kappa shape index (κ2) is 5.01. The van der Waals surface area contributed by atoms with Gasteiger partial charge in [0.15, 0.2) is 11.5 Å². The van der Waals surface area contributed by atoms with Gasteiger partial charge >= 0.3 is 0 Å². The summed E-state index contributed by atoms with van der Waals surface area (Å²) in [6, 6.07) is 3.09. The summed E-state index contributed by atoms with van der Waals surface area (Å²) >= 11 is 0. The number of hydrogen-bond acceptors (Lipinski definition) is 2. The number of hydrogen-bond donors (Lipinski definition) is 0. The molecule has 0 fully saturated rings. The van der Waals surface area contributed by atoms with Gasteiger partial charge in [-0.3, -0.25) is 0 Å². The van der Waals surface area contributed by atoms with Gasteiger partial charge < -0.3 is 9.47 Å². The van der Waals surface area contributed by atoms with Crippen LogP contribution in [0, 0.1) is 5.82 Å². The zero-order valence-electron chi connectivity index (χ0n) is 9.63. The highest BCUT2D eigenvalue weighted by atomic mass is 19.1. The Morgan fingerprint density at radius 1 is 1.20 bits per heavy atom. The smallest absolute Gasteiger partial charge is 0.163 e. The molecule has 0 amide bonds. The van der Waals surface area contributed by atoms with Crippen molar-refractivity contribution >= 4 is 0 Å². The van der Waals surface area contributed by atoms with E-state index in [0.29, 0.717) is 17.1 Å². The van der Waals surface area contributed by atoms with Gasteiger partial charge in [0.25, 0.3) is 0 Å². The average Bonchev–Trinajstić information content (AvgIpc) is 2.27. The molecule has 0 aromatic heterocycles. The molecule has 2 nitrogen and oxygen atoms in total. The third-order valence-electron chi connectivity index (χ3n) is 2.65. The van der Waals surface area contributed by atoms with Crippen LogP contribution in [0.25, 0.3) is 0 Å². The van der Waals surface area contributed by atoms with E-state index < -0.39 is 0 Å². The second-order valence-electron chi connectivity index (χ2n) is 3.54. The quantitative estimate of drug-likeness (QED) is 0.762. The fourth-order valence-electron chi connectivity index (χ4n) is 1.47. The molecule has 0 heterocycles. The lowest BCUT2D eigenvalue weighted by Gasteiger charge is -2.14. The predicted octanol–water partition coefficient (Wildman–Crippen LogP) is 3.36. The third-order valence-corrected chi connectivity index (χ3v) is 2.65. The zero-order chi connectivity index (χ0) is 11.4. The Balaban J connectivity index is 3.19. The summed E-state index contributed by atoms with van der Waals surface area (Å²) in [6.07, 6.45) is 0.895.